The number of anilines is 1. The number of carbonyl (C=O) groups excluding carboxylic acids is 1. The smallest absolute Gasteiger partial charge is 0.241 e. The van der Waals surface area contributed by atoms with Crippen molar-refractivity contribution in [3.8, 4) is 11.3 Å². The van der Waals surface area contributed by atoms with Gasteiger partial charge in [-0.3, -0.25) is 4.79 Å². The SMILES string of the molecule is CC(C)Cc1ccc(C(C)(C(=O)Nc2ccccc2)c2nc(-c3cc(F)ccc3F)cs2)cc1. The summed E-state index contributed by atoms with van der Waals surface area (Å²) in [6, 6.07) is 20.5. The summed E-state index contributed by atoms with van der Waals surface area (Å²) in [5.41, 5.74) is 1.86. The molecule has 0 spiro atoms. The van der Waals surface area contributed by atoms with E-state index >= 15 is 0 Å². The zero-order valence-corrected chi connectivity index (χ0v) is 20.1. The molecule has 4 rings (SSSR count). The van der Waals surface area contributed by atoms with Crippen LogP contribution in [0.25, 0.3) is 11.3 Å². The summed E-state index contributed by atoms with van der Waals surface area (Å²) < 4.78 is 28.2. The molecule has 0 aliphatic carbocycles. The van der Waals surface area contributed by atoms with Crippen molar-refractivity contribution in [3.63, 3.8) is 0 Å². The second-order valence-electron chi connectivity index (χ2n) is 8.90. The molecule has 0 radical (unpaired) electrons. The summed E-state index contributed by atoms with van der Waals surface area (Å²) in [5, 5.41) is 5.15. The molecule has 4 aromatic rings. The van der Waals surface area contributed by atoms with Crippen molar-refractivity contribution in [1.29, 1.82) is 0 Å². The van der Waals surface area contributed by atoms with E-state index in [1.165, 1.54) is 16.9 Å². The fraction of sp³-hybridized carbons (Fsp3) is 0.214. The van der Waals surface area contributed by atoms with Crippen LogP contribution in [0.5, 0.6) is 0 Å². The van der Waals surface area contributed by atoms with Gasteiger partial charge in [0.15, 0.2) is 0 Å². The third-order valence-electron chi connectivity index (χ3n) is 5.80. The molecule has 1 heterocycles. The molecule has 1 unspecified atom stereocenters. The molecule has 0 bridgehead atoms. The zero-order chi connectivity index (χ0) is 24.3. The summed E-state index contributed by atoms with van der Waals surface area (Å²) in [5.74, 6) is -0.847. The van der Waals surface area contributed by atoms with Gasteiger partial charge >= 0.3 is 0 Å². The monoisotopic (exact) mass is 476 g/mol. The fourth-order valence-corrected chi connectivity index (χ4v) is 4.90. The van der Waals surface area contributed by atoms with Crippen molar-refractivity contribution in [2.45, 2.75) is 32.6 Å². The van der Waals surface area contributed by atoms with Crippen LogP contribution in [0.3, 0.4) is 0 Å². The molecule has 1 amide bonds. The lowest BCUT2D eigenvalue weighted by atomic mass is 9.81. The van der Waals surface area contributed by atoms with E-state index in [-0.39, 0.29) is 11.5 Å². The van der Waals surface area contributed by atoms with Crippen LogP contribution in [0.2, 0.25) is 0 Å². The first-order chi connectivity index (χ1) is 16.3. The minimum absolute atomic E-state index is 0.0700. The van der Waals surface area contributed by atoms with Gasteiger partial charge in [-0.2, -0.15) is 0 Å². The fourth-order valence-electron chi connectivity index (χ4n) is 3.90. The number of amides is 1. The molecule has 1 aromatic heterocycles. The molecule has 0 saturated carbocycles. The maximum atomic E-state index is 14.4. The Hall–Kier alpha value is -3.38. The van der Waals surface area contributed by atoms with E-state index in [2.05, 4.69) is 24.1 Å². The van der Waals surface area contributed by atoms with Crippen molar-refractivity contribution >= 4 is 22.9 Å². The number of benzene rings is 3. The van der Waals surface area contributed by atoms with E-state index in [0.29, 0.717) is 22.3 Å². The Labute approximate surface area is 202 Å². The van der Waals surface area contributed by atoms with Crippen LogP contribution in [-0.2, 0) is 16.6 Å². The lowest BCUT2D eigenvalue weighted by Gasteiger charge is -2.27. The Morgan fingerprint density at radius 1 is 1.03 bits per heavy atom. The summed E-state index contributed by atoms with van der Waals surface area (Å²) in [6.07, 6.45) is 0.938. The summed E-state index contributed by atoms with van der Waals surface area (Å²) in [7, 11) is 0. The first-order valence-corrected chi connectivity index (χ1v) is 12.0. The molecule has 0 saturated heterocycles. The number of thiazole rings is 1. The maximum Gasteiger partial charge on any atom is 0.241 e. The Morgan fingerprint density at radius 2 is 1.74 bits per heavy atom. The zero-order valence-electron chi connectivity index (χ0n) is 19.3. The molecule has 174 valence electrons. The third kappa shape index (κ3) is 4.92. The van der Waals surface area contributed by atoms with Crippen LogP contribution in [0, 0.1) is 17.6 Å². The highest BCUT2D eigenvalue weighted by molar-refractivity contribution is 7.10. The maximum absolute atomic E-state index is 14.4. The Morgan fingerprint density at radius 3 is 2.41 bits per heavy atom. The quantitative estimate of drug-likeness (QED) is 0.306. The van der Waals surface area contributed by atoms with Crippen LogP contribution in [-0.4, -0.2) is 10.9 Å². The van der Waals surface area contributed by atoms with Crippen molar-refractivity contribution in [2.24, 2.45) is 5.92 Å². The van der Waals surface area contributed by atoms with E-state index in [1.54, 1.807) is 5.38 Å². The Bertz CT molecular complexity index is 1290. The number of hydrogen-bond donors (Lipinski definition) is 1. The van der Waals surface area contributed by atoms with E-state index in [9.17, 15) is 13.6 Å². The summed E-state index contributed by atoms with van der Waals surface area (Å²) in [4.78, 5) is 18.3. The van der Waals surface area contributed by atoms with Crippen LogP contribution in [0.15, 0.2) is 78.2 Å². The summed E-state index contributed by atoms with van der Waals surface area (Å²) >= 11 is 1.25. The molecule has 6 heteroatoms. The topological polar surface area (TPSA) is 42.0 Å². The lowest BCUT2D eigenvalue weighted by Crippen LogP contribution is -2.38. The average Bonchev–Trinajstić information content (AvgIpc) is 3.31. The van der Waals surface area contributed by atoms with Gasteiger partial charge in [0.25, 0.3) is 0 Å². The van der Waals surface area contributed by atoms with Crippen LogP contribution in [0.1, 0.15) is 36.9 Å². The number of aromatic nitrogens is 1. The highest BCUT2D eigenvalue weighted by Crippen LogP contribution is 2.38. The van der Waals surface area contributed by atoms with Gasteiger partial charge in [0.05, 0.1) is 5.69 Å². The summed E-state index contributed by atoms with van der Waals surface area (Å²) in [6.45, 7) is 6.13. The second kappa shape index (κ2) is 9.85. The molecular formula is C28H26F2N2OS. The Balaban J connectivity index is 1.77. The number of nitrogens with zero attached hydrogens (tertiary/aromatic N) is 1. The van der Waals surface area contributed by atoms with E-state index in [4.69, 9.17) is 0 Å². The van der Waals surface area contributed by atoms with Gasteiger partial charge in [0.1, 0.15) is 22.1 Å². The van der Waals surface area contributed by atoms with Gasteiger partial charge in [0.2, 0.25) is 5.91 Å². The van der Waals surface area contributed by atoms with Crippen LogP contribution in [0.4, 0.5) is 14.5 Å². The van der Waals surface area contributed by atoms with Crippen molar-refractivity contribution in [1.82, 2.24) is 4.98 Å². The van der Waals surface area contributed by atoms with Gasteiger partial charge in [0, 0.05) is 16.6 Å². The predicted octanol–water partition coefficient (Wildman–Crippen LogP) is 7.23. The number of para-hydroxylation sites is 1. The normalized spacial score (nSPS) is 13.0. The van der Waals surface area contributed by atoms with E-state index in [1.807, 2.05) is 61.5 Å². The second-order valence-corrected chi connectivity index (χ2v) is 9.76. The molecule has 0 aliphatic heterocycles. The van der Waals surface area contributed by atoms with Gasteiger partial charge in [-0.05, 0) is 60.7 Å². The van der Waals surface area contributed by atoms with E-state index in [0.717, 1.165) is 30.2 Å². The molecule has 3 aromatic carbocycles. The first kappa shape index (κ1) is 23.8. The van der Waals surface area contributed by atoms with Gasteiger partial charge in [-0.15, -0.1) is 11.3 Å². The van der Waals surface area contributed by atoms with Gasteiger partial charge in [-0.25, -0.2) is 13.8 Å². The Kier molecular flexibility index (Phi) is 6.89. The van der Waals surface area contributed by atoms with Gasteiger partial charge < -0.3 is 5.32 Å². The van der Waals surface area contributed by atoms with Crippen LogP contribution >= 0.6 is 11.3 Å². The molecule has 0 aliphatic rings. The molecule has 34 heavy (non-hydrogen) atoms. The minimum atomic E-state index is -1.14. The first-order valence-electron chi connectivity index (χ1n) is 11.1. The molecule has 0 fully saturated rings. The highest BCUT2D eigenvalue weighted by Gasteiger charge is 2.40. The number of hydrogen-bond acceptors (Lipinski definition) is 3. The molecular weight excluding hydrogens is 450 g/mol. The van der Waals surface area contributed by atoms with E-state index < -0.39 is 17.0 Å². The van der Waals surface area contributed by atoms with Gasteiger partial charge in [-0.1, -0.05) is 56.3 Å². The van der Waals surface area contributed by atoms with Crippen LogP contribution < -0.4 is 5.32 Å². The molecule has 1 atom stereocenters. The standard InChI is InChI=1S/C28H26F2N2OS/c1-18(2)15-19-9-11-20(12-10-19)28(3,26(33)31-22-7-5-4-6-8-22)27-32-25(17-34-27)23-16-21(29)13-14-24(23)30/h4-14,16-18H,15H2,1-3H3,(H,31,33). The van der Waals surface area contributed by atoms with Crippen molar-refractivity contribution in [3.05, 3.63) is 106 Å². The number of halogens is 2. The average molecular weight is 477 g/mol. The van der Waals surface area contributed by atoms with Crippen molar-refractivity contribution in [2.75, 3.05) is 5.32 Å². The largest absolute Gasteiger partial charge is 0.325 e. The van der Waals surface area contributed by atoms with Crippen molar-refractivity contribution < 1.29 is 13.6 Å². The third-order valence-corrected chi connectivity index (χ3v) is 6.86. The number of carbonyl (C=O) groups is 1. The highest BCUT2D eigenvalue weighted by atomic mass is 32.1. The predicted molar refractivity (Wildman–Crippen MR) is 134 cm³/mol. The molecule has 3 nitrogen and oxygen atoms in total. The number of rotatable bonds is 7. The minimum Gasteiger partial charge on any atom is -0.325 e. The lowest BCUT2D eigenvalue weighted by molar-refractivity contribution is -0.119. The molecule has 1 N–H and O–H groups in total. The number of nitrogens with one attached hydrogen (secondary N) is 1.